The van der Waals surface area contributed by atoms with Crippen molar-refractivity contribution in [1.29, 1.82) is 0 Å². The molecule has 1 aromatic carbocycles. The molecule has 1 aromatic rings. The largest absolute Gasteiger partial charge is 0.399 e. The van der Waals surface area contributed by atoms with Crippen molar-refractivity contribution in [1.82, 2.24) is 4.90 Å². The number of rotatable bonds is 4. The summed E-state index contributed by atoms with van der Waals surface area (Å²) >= 11 is 0. The van der Waals surface area contributed by atoms with Crippen LogP contribution in [0.1, 0.15) is 43.4 Å². The molecule has 0 radical (unpaired) electrons. The second-order valence-corrected chi connectivity index (χ2v) is 5.94. The third kappa shape index (κ3) is 3.95. The number of nitrogens with zero attached hydrogens (tertiary/aromatic N) is 1. The molecule has 0 amide bonds. The fourth-order valence-corrected chi connectivity index (χ4v) is 2.62. The van der Waals surface area contributed by atoms with E-state index in [0.717, 1.165) is 35.7 Å². The van der Waals surface area contributed by atoms with Crippen LogP contribution in [0.5, 0.6) is 0 Å². The number of hydrogen-bond donors (Lipinski definition) is 2. The summed E-state index contributed by atoms with van der Waals surface area (Å²) in [6.07, 6.45) is 2.96. The fourth-order valence-electron chi connectivity index (χ4n) is 2.62. The highest BCUT2D eigenvalue weighted by Crippen LogP contribution is 2.23. The molecule has 0 saturated carbocycles. The monoisotopic (exact) mass is 262 g/mol. The standard InChI is InChI=1S/C16H26N2O/c1-12-5-8-18(9-6-12)10-7-16(19)14-4-3-13(2)15(17)11-14/h3-4,11-12,16,19H,5-10,17H2,1-2H3. The first-order chi connectivity index (χ1) is 9.06. The Hall–Kier alpha value is -1.06. The predicted molar refractivity (Wildman–Crippen MR) is 80.0 cm³/mol. The Morgan fingerprint density at radius 1 is 1.37 bits per heavy atom. The van der Waals surface area contributed by atoms with Gasteiger partial charge in [0.1, 0.15) is 0 Å². The third-order valence-corrected chi connectivity index (χ3v) is 4.28. The molecule has 1 aliphatic rings. The average molecular weight is 262 g/mol. The van der Waals surface area contributed by atoms with E-state index in [1.807, 2.05) is 25.1 Å². The fraction of sp³-hybridized carbons (Fsp3) is 0.625. The molecule has 3 N–H and O–H groups in total. The van der Waals surface area contributed by atoms with Crippen molar-refractivity contribution in [3.63, 3.8) is 0 Å². The van der Waals surface area contributed by atoms with E-state index in [1.165, 1.54) is 25.9 Å². The van der Waals surface area contributed by atoms with Gasteiger partial charge in [0.2, 0.25) is 0 Å². The molecular weight excluding hydrogens is 236 g/mol. The molecule has 3 nitrogen and oxygen atoms in total. The molecule has 19 heavy (non-hydrogen) atoms. The van der Waals surface area contributed by atoms with Gasteiger partial charge in [0.05, 0.1) is 6.10 Å². The summed E-state index contributed by atoms with van der Waals surface area (Å²) in [5, 5.41) is 10.2. The Labute approximate surface area is 116 Å². The Kier molecular flexibility index (Phi) is 4.83. The quantitative estimate of drug-likeness (QED) is 0.820. The number of aryl methyl sites for hydroxylation is 1. The Morgan fingerprint density at radius 3 is 2.68 bits per heavy atom. The number of aliphatic hydroxyl groups excluding tert-OH is 1. The molecule has 3 heteroatoms. The van der Waals surface area contributed by atoms with E-state index in [1.54, 1.807) is 0 Å². The lowest BCUT2D eigenvalue weighted by atomic mass is 9.98. The lowest BCUT2D eigenvalue weighted by Crippen LogP contribution is -2.34. The number of hydrogen-bond acceptors (Lipinski definition) is 3. The van der Waals surface area contributed by atoms with Crippen LogP contribution >= 0.6 is 0 Å². The highest BCUT2D eigenvalue weighted by molar-refractivity contribution is 5.48. The van der Waals surface area contributed by atoms with E-state index in [0.29, 0.717) is 0 Å². The van der Waals surface area contributed by atoms with E-state index < -0.39 is 6.10 Å². The minimum absolute atomic E-state index is 0.401. The van der Waals surface area contributed by atoms with Crippen molar-refractivity contribution in [3.8, 4) is 0 Å². The maximum Gasteiger partial charge on any atom is 0.0803 e. The number of benzene rings is 1. The molecule has 0 aliphatic carbocycles. The van der Waals surface area contributed by atoms with Crippen LogP contribution in [0.25, 0.3) is 0 Å². The van der Waals surface area contributed by atoms with Crippen LogP contribution in [-0.4, -0.2) is 29.6 Å². The number of likely N-dealkylation sites (tertiary alicyclic amines) is 1. The van der Waals surface area contributed by atoms with Crippen molar-refractivity contribution >= 4 is 5.69 Å². The van der Waals surface area contributed by atoms with Gasteiger partial charge in [-0.25, -0.2) is 0 Å². The molecule has 1 atom stereocenters. The van der Waals surface area contributed by atoms with Gasteiger partial charge in [0.25, 0.3) is 0 Å². The van der Waals surface area contributed by atoms with Gasteiger partial charge in [-0.15, -0.1) is 0 Å². The van der Waals surface area contributed by atoms with Gasteiger partial charge in [0.15, 0.2) is 0 Å². The molecule has 1 aliphatic heterocycles. The first-order valence-corrected chi connectivity index (χ1v) is 7.32. The van der Waals surface area contributed by atoms with Gasteiger partial charge >= 0.3 is 0 Å². The van der Waals surface area contributed by atoms with Crippen molar-refractivity contribution in [3.05, 3.63) is 29.3 Å². The Balaban J connectivity index is 1.83. The number of nitrogens with two attached hydrogens (primary N) is 1. The van der Waals surface area contributed by atoms with E-state index in [-0.39, 0.29) is 0 Å². The minimum Gasteiger partial charge on any atom is -0.399 e. The summed E-state index contributed by atoms with van der Waals surface area (Å²) in [4.78, 5) is 2.46. The maximum atomic E-state index is 10.2. The number of piperidine rings is 1. The van der Waals surface area contributed by atoms with Gasteiger partial charge in [-0.05, 0) is 62.4 Å². The first-order valence-electron chi connectivity index (χ1n) is 7.32. The smallest absolute Gasteiger partial charge is 0.0803 e. The normalized spacial score (nSPS) is 19.5. The van der Waals surface area contributed by atoms with Gasteiger partial charge in [-0.3, -0.25) is 0 Å². The van der Waals surface area contributed by atoms with Gasteiger partial charge in [0, 0.05) is 12.2 Å². The molecule has 0 aromatic heterocycles. The zero-order valence-corrected chi connectivity index (χ0v) is 12.1. The van der Waals surface area contributed by atoms with Gasteiger partial charge in [-0.1, -0.05) is 19.1 Å². The molecule has 106 valence electrons. The van der Waals surface area contributed by atoms with E-state index in [9.17, 15) is 5.11 Å². The predicted octanol–water partition coefficient (Wildman–Crippen LogP) is 2.73. The van der Waals surface area contributed by atoms with Crippen molar-refractivity contribution in [2.45, 2.75) is 39.2 Å². The summed E-state index contributed by atoms with van der Waals surface area (Å²) < 4.78 is 0. The summed E-state index contributed by atoms with van der Waals surface area (Å²) in [5.74, 6) is 0.859. The number of aliphatic hydroxyl groups is 1. The van der Waals surface area contributed by atoms with E-state index >= 15 is 0 Å². The van der Waals surface area contributed by atoms with Crippen LogP contribution < -0.4 is 5.73 Å². The van der Waals surface area contributed by atoms with Crippen molar-refractivity contribution in [2.24, 2.45) is 5.92 Å². The molecule has 0 bridgehead atoms. The van der Waals surface area contributed by atoms with Crippen LogP contribution in [0.2, 0.25) is 0 Å². The van der Waals surface area contributed by atoms with Gasteiger partial charge in [-0.2, -0.15) is 0 Å². The lowest BCUT2D eigenvalue weighted by Gasteiger charge is -2.30. The van der Waals surface area contributed by atoms with Crippen LogP contribution in [0, 0.1) is 12.8 Å². The Bertz CT molecular complexity index is 411. The average Bonchev–Trinajstić information content (AvgIpc) is 2.41. The Morgan fingerprint density at radius 2 is 2.05 bits per heavy atom. The second kappa shape index (κ2) is 6.40. The highest BCUT2D eigenvalue weighted by atomic mass is 16.3. The van der Waals surface area contributed by atoms with Gasteiger partial charge < -0.3 is 15.7 Å². The van der Waals surface area contributed by atoms with Crippen LogP contribution in [0.3, 0.4) is 0 Å². The summed E-state index contributed by atoms with van der Waals surface area (Å²) in [6.45, 7) is 7.62. The first kappa shape index (κ1) is 14.4. The highest BCUT2D eigenvalue weighted by Gasteiger charge is 2.17. The summed E-state index contributed by atoms with van der Waals surface area (Å²) in [5.41, 5.74) is 8.67. The minimum atomic E-state index is -0.401. The summed E-state index contributed by atoms with van der Waals surface area (Å²) in [7, 11) is 0. The van der Waals surface area contributed by atoms with Crippen LogP contribution in [0.15, 0.2) is 18.2 Å². The second-order valence-electron chi connectivity index (χ2n) is 5.94. The molecule has 1 fully saturated rings. The van der Waals surface area contributed by atoms with Crippen LogP contribution in [-0.2, 0) is 0 Å². The summed E-state index contributed by atoms with van der Waals surface area (Å²) in [6, 6.07) is 5.86. The van der Waals surface area contributed by atoms with Crippen LogP contribution in [0.4, 0.5) is 5.69 Å². The van der Waals surface area contributed by atoms with E-state index in [2.05, 4.69) is 11.8 Å². The topological polar surface area (TPSA) is 49.5 Å². The molecule has 1 heterocycles. The molecule has 1 unspecified atom stereocenters. The maximum absolute atomic E-state index is 10.2. The number of nitrogen functional groups attached to an aromatic ring is 1. The molecule has 0 spiro atoms. The zero-order valence-electron chi connectivity index (χ0n) is 12.1. The third-order valence-electron chi connectivity index (χ3n) is 4.28. The van der Waals surface area contributed by atoms with E-state index in [4.69, 9.17) is 5.73 Å². The molecule has 1 saturated heterocycles. The zero-order chi connectivity index (χ0) is 13.8. The molecular formula is C16H26N2O. The van der Waals surface area contributed by atoms with Crippen molar-refractivity contribution < 1.29 is 5.11 Å². The number of anilines is 1. The lowest BCUT2D eigenvalue weighted by molar-refractivity contribution is 0.125. The van der Waals surface area contributed by atoms with Crippen molar-refractivity contribution in [2.75, 3.05) is 25.4 Å². The molecule has 2 rings (SSSR count). The SMILES string of the molecule is Cc1ccc(C(O)CCN2CCC(C)CC2)cc1N.